The van der Waals surface area contributed by atoms with Gasteiger partial charge in [-0.1, -0.05) is 49.6 Å². The molecule has 3 rings (SSSR count). The van der Waals surface area contributed by atoms with E-state index in [1.54, 1.807) is 31.2 Å². The maximum atomic E-state index is 14.7. The number of hydrogen-bond acceptors (Lipinski definition) is 6. The molecule has 0 saturated carbocycles. The molecular formula is C30H25FO6. The van der Waals surface area contributed by atoms with Gasteiger partial charge in [-0.2, -0.15) is 0 Å². The van der Waals surface area contributed by atoms with Crippen molar-refractivity contribution in [2.24, 2.45) is 0 Å². The fourth-order valence-corrected chi connectivity index (χ4v) is 2.96. The molecule has 0 atom stereocenters. The standard InChI is InChI=1S/C30H25FO6/c1-20(2)29(32)36-17-15-34-25-11-9-23(10-12-25)22-5-7-24(8-6-22)27-14-13-26(19-28(27)31)35-16-18-37-30(33)21(3)4/h5-19H,1,3H2,2,4H3/b17-15-,18-16-. The van der Waals surface area contributed by atoms with Crippen LogP contribution < -0.4 is 9.47 Å². The van der Waals surface area contributed by atoms with Gasteiger partial charge in [-0.3, -0.25) is 0 Å². The lowest BCUT2D eigenvalue weighted by atomic mass is 10.00. The van der Waals surface area contributed by atoms with Crippen molar-refractivity contribution < 1.29 is 32.9 Å². The summed E-state index contributed by atoms with van der Waals surface area (Å²) in [5, 5.41) is 0. The lowest BCUT2D eigenvalue weighted by Gasteiger charge is -2.08. The highest BCUT2D eigenvalue weighted by Gasteiger charge is 2.08. The van der Waals surface area contributed by atoms with Crippen molar-refractivity contribution in [1.29, 1.82) is 0 Å². The molecule has 3 aromatic carbocycles. The second-order valence-electron chi connectivity index (χ2n) is 7.89. The highest BCUT2D eigenvalue weighted by molar-refractivity contribution is 5.87. The first kappa shape index (κ1) is 26.7. The van der Waals surface area contributed by atoms with Gasteiger partial charge in [0.15, 0.2) is 0 Å². The van der Waals surface area contributed by atoms with Crippen LogP contribution in [-0.4, -0.2) is 11.9 Å². The van der Waals surface area contributed by atoms with Crippen molar-refractivity contribution >= 4 is 11.9 Å². The Morgan fingerprint density at radius 2 is 1.08 bits per heavy atom. The van der Waals surface area contributed by atoms with E-state index in [1.807, 2.05) is 36.4 Å². The summed E-state index contributed by atoms with van der Waals surface area (Å²) in [5.41, 5.74) is 3.55. The molecule has 3 aromatic rings. The normalized spacial score (nSPS) is 10.8. The second-order valence-corrected chi connectivity index (χ2v) is 7.89. The second kappa shape index (κ2) is 12.7. The van der Waals surface area contributed by atoms with Crippen molar-refractivity contribution in [2.75, 3.05) is 0 Å². The van der Waals surface area contributed by atoms with Crippen LogP contribution in [0.3, 0.4) is 0 Å². The minimum absolute atomic E-state index is 0.255. The fourth-order valence-electron chi connectivity index (χ4n) is 2.96. The Balaban J connectivity index is 1.60. The first-order valence-electron chi connectivity index (χ1n) is 11.1. The molecule has 188 valence electrons. The lowest BCUT2D eigenvalue weighted by molar-refractivity contribution is -0.134. The van der Waals surface area contributed by atoms with Crippen LogP contribution in [0.4, 0.5) is 4.39 Å². The van der Waals surface area contributed by atoms with Gasteiger partial charge in [-0.25, -0.2) is 14.0 Å². The summed E-state index contributed by atoms with van der Waals surface area (Å²) in [6.07, 6.45) is 4.64. The zero-order valence-corrected chi connectivity index (χ0v) is 20.4. The highest BCUT2D eigenvalue weighted by Crippen LogP contribution is 2.29. The van der Waals surface area contributed by atoms with Crippen LogP contribution in [0, 0.1) is 5.82 Å². The molecule has 0 N–H and O–H groups in total. The first-order valence-corrected chi connectivity index (χ1v) is 11.1. The van der Waals surface area contributed by atoms with Crippen LogP contribution in [0.5, 0.6) is 11.5 Å². The molecule has 0 spiro atoms. The summed E-state index contributed by atoms with van der Waals surface area (Å²) in [4.78, 5) is 22.6. The summed E-state index contributed by atoms with van der Waals surface area (Å²) >= 11 is 0. The molecule has 0 aliphatic rings. The number of halogens is 1. The van der Waals surface area contributed by atoms with Crippen molar-refractivity contribution in [3.05, 3.63) is 122 Å². The molecule has 37 heavy (non-hydrogen) atoms. The van der Waals surface area contributed by atoms with Crippen molar-refractivity contribution in [2.45, 2.75) is 13.8 Å². The minimum atomic E-state index is -0.579. The number of ether oxygens (including phenoxy) is 4. The van der Waals surface area contributed by atoms with Gasteiger partial charge < -0.3 is 18.9 Å². The number of hydrogen-bond donors (Lipinski definition) is 0. The Labute approximate surface area is 214 Å². The average Bonchev–Trinajstić information content (AvgIpc) is 2.89. The van der Waals surface area contributed by atoms with Crippen LogP contribution in [0.2, 0.25) is 0 Å². The Kier molecular flexibility index (Phi) is 9.16. The Hall–Kier alpha value is -4.91. The van der Waals surface area contributed by atoms with Gasteiger partial charge in [0.25, 0.3) is 0 Å². The van der Waals surface area contributed by atoms with E-state index in [0.717, 1.165) is 29.9 Å². The fraction of sp³-hybridized carbons (Fsp3) is 0.0667. The third-order valence-electron chi connectivity index (χ3n) is 4.89. The minimum Gasteiger partial charge on any atom is -0.462 e. The number of carbonyl (C=O) groups is 2. The maximum absolute atomic E-state index is 14.7. The summed E-state index contributed by atoms with van der Waals surface area (Å²) in [7, 11) is 0. The van der Waals surface area contributed by atoms with Crippen molar-refractivity contribution in [1.82, 2.24) is 0 Å². The number of esters is 2. The van der Waals surface area contributed by atoms with Gasteiger partial charge >= 0.3 is 11.9 Å². The van der Waals surface area contributed by atoms with Gasteiger partial charge in [0.2, 0.25) is 0 Å². The van der Waals surface area contributed by atoms with E-state index < -0.39 is 17.8 Å². The molecule has 0 fully saturated rings. The summed E-state index contributed by atoms with van der Waals surface area (Å²) in [6, 6.07) is 19.2. The lowest BCUT2D eigenvalue weighted by Crippen LogP contribution is -1.99. The van der Waals surface area contributed by atoms with Crippen LogP contribution in [0.25, 0.3) is 22.3 Å². The van der Waals surface area contributed by atoms with E-state index in [9.17, 15) is 14.0 Å². The molecule has 0 aliphatic carbocycles. The molecule has 0 radical (unpaired) electrons. The average molecular weight is 501 g/mol. The molecular weight excluding hydrogens is 475 g/mol. The maximum Gasteiger partial charge on any atom is 0.338 e. The van der Waals surface area contributed by atoms with Gasteiger partial charge in [-0.15, -0.1) is 0 Å². The van der Waals surface area contributed by atoms with Gasteiger partial charge in [0.1, 0.15) is 42.4 Å². The Morgan fingerprint density at radius 1 is 0.649 bits per heavy atom. The third-order valence-corrected chi connectivity index (χ3v) is 4.89. The van der Waals surface area contributed by atoms with E-state index >= 15 is 0 Å². The molecule has 7 heteroatoms. The van der Waals surface area contributed by atoms with E-state index in [4.69, 9.17) is 18.9 Å². The smallest absolute Gasteiger partial charge is 0.338 e. The molecule has 0 unspecified atom stereocenters. The predicted molar refractivity (Wildman–Crippen MR) is 139 cm³/mol. The summed E-state index contributed by atoms with van der Waals surface area (Å²) in [6.45, 7) is 10.0. The van der Waals surface area contributed by atoms with E-state index in [0.29, 0.717) is 22.4 Å². The summed E-state index contributed by atoms with van der Waals surface area (Å²) in [5.74, 6) is -0.743. The van der Waals surface area contributed by atoms with Crippen LogP contribution in [0.1, 0.15) is 13.8 Å². The van der Waals surface area contributed by atoms with Crippen molar-refractivity contribution in [3.8, 4) is 33.8 Å². The quantitative estimate of drug-likeness (QED) is 0.168. The van der Waals surface area contributed by atoms with Crippen LogP contribution in [0.15, 0.2) is 116 Å². The van der Waals surface area contributed by atoms with Gasteiger partial charge in [0, 0.05) is 22.8 Å². The monoisotopic (exact) mass is 500 g/mol. The predicted octanol–water partition coefficient (Wildman–Crippen LogP) is 7.10. The van der Waals surface area contributed by atoms with E-state index in [-0.39, 0.29) is 11.3 Å². The molecule has 0 saturated heterocycles. The highest BCUT2D eigenvalue weighted by atomic mass is 19.1. The number of benzene rings is 3. The van der Waals surface area contributed by atoms with Crippen LogP contribution in [-0.2, 0) is 19.1 Å². The zero-order valence-electron chi connectivity index (χ0n) is 20.4. The zero-order chi connectivity index (χ0) is 26.8. The van der Waals surface area contributed by atoms with Crippen molar-refractivity contribution in [3.63, 3.8) is 0 Å². The molecule has 0 aliphatic heterocycles. The molecule has 0 aromatic heterocycles. The van der Waals surface area contributed by atoms with Crippen LogP contribution >= 0.6 is 0 Å². The van der Waals surface area contributed by atoms with E-state index in [2.05, 4.69) is 13.2 Å². The van der Waals surface area contributed by atoms with Gasteiger partial charge in [-0.05, 0) is 54.8 Å². The molecule has 0 amide bonds. The topological polar surface area (TPSA) is 71.1 Å². The van der Waals surface area contributed by atoms with Gasteiger partial charge in [0.05, 0.1) is 0 Å². The molecule has 6 nitrogen and oxygen atoms in total. The van der Waals surface area contributed by atoms with E-state index in [1.165, 1.54) is 19.3 Å². The summed E-state index contributed by atoms with van der Waals surface area (Å²) < 4.78 is 35.0. The number of carbonyl (C=O) groups excluding carboxylic acids is 2. The third kappa shape index (κ3) is 7.80. The number of rotatable bonds is 10. The Bertz CT molecular complexity index is 1350. The Morgan fingerprint density at radius 3 is 1.57 bits per heavy atom. The first-order chi connectivity index (χ1) is 17.7. The molecule has 0 heterocycles. The molecule has 0 bridgehead atoms. The largest absolute Gasteiger partial charge is 0.462 e. The SMILES string of the molecule is C=C(C)C(=O)O/C=C\Oc1ccc(-c2ccc(-c3ccc(O/C=C\OC(=O)C(=C)C)cc3F)cc2)cc1.